The van der Waals surface area contributed by atoms with Crippen molar-refractivity contribution in [2.45, 2.75) is 13.0 Å². The SMILES string of the molecule is CC1=C(c2ccc(F)cc2)[C@@H](c2ccc(OCCN3CC(CF)C3)cc2)Oc2cc(F)c(O)cc21. The fraction of sp³-hybridized carbons (Fsp3) is 0.286. The number of nitrogens with zero attached hydrogens (tertiary/aromatic N) is 1. The predicted octanol–water partition coefficient (Wildman–Crippen LogP) is 6.01. The third kappa shape index (κ3) is 4.73. The second-order valence-corrected chi connectivity index (χ2v) is 9.04. The Morgan fingerprint density at radius 1 is 1.03 bits per heavy atom. The van der Waals surface area contributed by atoms with Gasteiger partial charge >= 0.3 is 0 Å². The summed E-state index contributed by atoms with van der Waals surface area (Å²) in [5.74, 6) is -0.380. The van der Waals surface area contributed by atoms with Gasteiger partial charge in [0, 0.05) is 42.8 Å². The third-order valence-corrected chi connectivity index (χ3v) is 6.63. The Morgan fingerprint density at radius 3 is 2.43 bits per heavy atom. The number of allylic oxidation sites excluding steroid dienone is 1. The second-order valence-electron chi connectivity index (χ2n) is 9.04. The van der Waals surface area contributed by atoms with E-state index >= 15 is 0 Å². The monoisotopic (exact) mass is 481 g/mol. The van der Waals surface area contributed by atoms with Crippen LogP contribution in [0.4, 0.5) is 13.2 Å². The van der Waals surface area contributed by atoms with Crippen LogP contribution in [0.1, 0.15) is 29.7 Å². The Labute approximate surface area is 202 Å². The number of alkyl halides is 1. The molecule has 0 aliphatic carbocycles. The Morgan fingerprint density at radius 2 is 1.74 bits per heavy atom. The van der Waals surface area contributed by atoms with E-state index in [-0.39, 0.29) is 18.4 Å². The fourth-order valence-electron chi connectivity index (χ4n) is 4.68. The van der Waals surface area contributed by atoms with E-state index in [0.29, 0.717) is 23.7 Å². The van der Waals surface area contributed by atoms with Gasteiger partial charge < -0.3 is 14.6 Å². The normalized spacial score (nSPS) is 18.1. The minimum Gasteiger partial charge on any atom is -0.505 e. The smallest absolute Gasteiger partial charge is 0.168 e. The zero-order chi connectivity index (χ0) is 24.5. The van der Waals surface area contributed by atoms with Crippen LogP contribution in [-0.2, 0) is 0 Å². The molecular formula is C28H26F3NO3. The van der Waals surface area contributed by atoms with Crippen LogP contribution in [0.2, 0.25) is 0 Å². The van der Waals surface area contributed by atoms with E-state index in [9.17, 15) is 18.3 Å². The predicted molar refractivity (Wildman–Crippen MR) is 128 cm³/mol. The van der Waals surface area contributed by atoms with Crippen molar-refractivity contribution in [3.63, 3.8) is 0 Å². The summed E-state index contributed by atoms with van der Waals surface area (Å²) in [6.45, 7) is 4.41. The Balaban J connectivity index is 1.39. The molecule has 0 bridgehead atoms. The highest BCUT2D eigenvalue weighted by molar-refractivity contribution is 5.95. The molecule has 182 valence electrons. The molecule has 3 aromatic carbocycles. The Kier molecular flexibility index (Phi) is 6.43. The maximum Gasteiger partial charge on any atom is 0.168 e. The first kappa shape index (κ1) is 23.3. The van der Waals surface area contributed by atoms with Crippen molar-refractivity contribution in [1.82, 2.24) is 4.90 Å². The van der Waals surface area contributed by atoms with Gasteiger partial charge in [-0.3, -0.25) is 9.29 Å². The van der Waals surface area contributed by atoms with E-state index in [2.05, 4.69) is 4.90 Å². The minimum absolute atomic E-state index is 0.152. The molecule has 1 saturated heterocycles. The molecule has 2 aliphatic heterocycles. The second kappa shape index (κ2) is 9.66. The van der Waals surface area contributed by atoms with Gasteiger partial charge in [-0.25, -0.2) is 8.78 Å². The molecule has 5 rings (SSSR count). The molecular weight excluding hydrogens is 455 g/mol. The Bertz CT molecular complexity index is 1240. The number of hydrogen-bond acceptors (Lipinski definition) is 4. The van der Waals surface area contributed by atoms with E-state index in [1.54, 1.807) is 12.1 Å². The van der Waals surface area contributed by atoms with E-state index in [1.807, 2.05) is 31.2 Å². The highest BCUT2D eigenvalue weighted by atomic mass is 19.1. The first-order valence-electron chi connectivity index (χ1n) is 11.6. The van der Waals surface area contributed by atoms with Crippen LogP contribution in [0.3, 0.4) is 0 Å². The molecule has 7 heteroatoms. The van der Waals surface area contributed by atoms with E-state index in [4.69, 9.17) is 9.47 Å². The Hall–Kier alpha value is -3.45. The van der Waals surface area contributed by atoms with Gasteiger partial charge in [0.1, 0.15) is 30.0 Å². The van der Waals surface area contributed by atoms with Gasteiger partial charge in [-0.1, -0.05) is 24.3 Å². The van der Waals surface area contributed by atoms with Crippen molar-refractivity contribution in [3.8, 4) is 17.2 Å². The van der Waals surface area contributed by atoms with Crippen LogP contribution in [0.5, 0.6) is 17.2 Å². The number of benzene rings is 3. The number of fused-ring (bicyclic) bond motifs is 1. The molecule has 1 N–H and O–H groups in total. The van der Waals surface area contributed by atoms with Crippen molar-refractivity contribution in [2.75, 3.05) is 32.9 Å². The van der Waals surface area contributed by atoms with Crippen LogP contribution in [0.15, 0.2) is 60.7 Å². The van der Waals surface area contributed by atoms with Gasteiger partial charge in [-0.15, -0.1) is 0 Å². The van der Waals surface area contributed by atoms with Gasteiger partial charge in [0.2, 0.25) is 0 Å². The number of rotatable bonds is 7. The lowest BCUT2D eigenvalue weighted by atomic mass is 9.86. The number of likely N-dealkylation sites (tertiary alicyclic amines) is 1. The highest BCUT2D eigenvalue weighted by Crippen LogP contribution is 2.48. The third-order valence-electron chi connectivity index (χ3n) is 6.63. The number of phenols is 1. The number of hydrogen-bond donors (Lipinski definition) is 1. The van der Waals surface area contributed by atoms with Crippen molar-refractivity contribution in [1.29, 1.82) is 0 Å². The molecule has 1 atom stereocenters. The summed E-state index contributed by atoms with van der Waals surface area (Å²) in [5.41, 5.74) is 3.78. The summed E-state index contributed by atoms with van der Waals surface area (Å²) >= 11 is 0. The molecule has 2 heterocycles. The summed E-state index contributed by atoms with van der Waals surface area (Å²) in [6, 6.07) is 16.1. The average molecular weight is 482 g/mol. The molecule has 4 nitrogen and oxygen atoms in total. The largest absolute Gasteiger partial charge is 0.505 e. The summed E-state index contributed by atoms with van der Waals surface area (Å²) in [7, 11) is 0. The number of aromatic hydroxyl groups is 1. The average Bonchev–Trinajstić information content (AvgIpc) is 2.83. The van der Waals surface area contributed by atoms with E-state index in [1.165, 1.54) is 24.3 Å². The molecule has 0 amide bonds. The molecule has 3 aromatic rings. The lowest BCUT2D eigenvalue weighted by molar-refractivity contribution is 0.0668. The van der Waals surface area contributed by atoms with Crippen LogP contribution < -0.4 is 9.47 Å². The topological polar surface area (TPSA) is 41.9 Å². The van der Waals surface area contributed by atoms with Crippen LogP contribution in [0.25, 0.3) is 11.1 Å². The van der Waals surface area contributed by atoms with Crippen molar-refractivity contribution < 1.29 is 27.8 Å². The number of halogens is 3. The van der Waals surface area contributed by atoms with E-state index in [0.717, 1.165) is 41.9 Å². The summed E-state index contributed by atoms with van der Waals surface area (Å²) < 4.78 is 52.4. The van der Waals surface area contributed by atoms with Crippen molar-refractivity contribution >= 4 is 11.1 Å². The zero-order valence-electron chi connectivity index (χ0n) is 19.3. The summed E-state index contributed by atoms with van der Waals surface area (Å²) in [5, 5.41) is 9.91. The molecule has 0 saturated carbocycles. The lowest BCUT2D eigenvalue weighted by Crippen LogP contribution is -2.49. The highest BCUT2D eigenvalue weighted by Gasteiger charge is 2.30. The first-order valence-corrected chi connectivity index (χ1v) is 11.6. The van der Waals surface area contributed by atoms with E-state index < -0.39 is 17.7 Å². The molecule has 0 unspecified atom stereocenters. The molecule has 0 aromatic heterocycles. The molecule has 35 heavy (non-hydrogen) atoms. The molecule has 1 fully saturated rings. The van der Waals surface area contributed by atoms with Crippen LogP contribution >= 0.6 is 0 Å². The summed E-state index contributed by atoms with van der Waals surface area (Å²) in [6.07, 6.45) is -0.565. The maximum absolute atomic E-state index is 14.1. The van der Waals surface area contributed by atoms with Crippen LogP contribution in [-0.4, -0.2) is 42.9 Å². The lowest BCUT2D eigenvalue weighted by Gasteiger charge is -2.37. The standard InChI is InChI=1S/C28H26F3NO3/c1-17-23-12-25(33)24(31)13-26(23)35-28(27(17)19-2-6-21(30)7-3-19)20-4-8-22(9-5-20)34-11-10-32-15-18(14-29)16-32/h2-9,12-13,18,28,33H,10-11,14-16H2,1H3/t28-/m1/s1. The van der Waals surface area contributed by atoms with Gasteiger partial charge in [-0.05, 0) is 54.0 Å². The molecule has 0 radical (unpaired) electrons. The van der Waals surface area contributed by atoms with Crippen molar-refractivity contribution in [3.05, 3.63) is 89.0 Å². The maximum atomic E-state index is 14.1. The quantitative estimate of drug-likeness (QED) is 0.449. The van der Waals surface area contributed by atoms with Crippen LogP contribution in [0, 0.1) is 17.6 Å². The van der Waals surface area contributed by atoms with Crippen molar-refractivity contribution in [2.24, 2.45) is 5.92 Å². The van der Waals surface area contributed by atoms with Gasteiger partial charge in [0.25, 0.3) is 0 Å². The first-order chi connectivity index (χ1) is 16.9. The minimum atomic E-state index is -0.760. The van der Waals surface area contributed by atoms with Gasteiger partial charge in [-0.2, -0.15) is 0 Å². The summed E-state index contributed by atoms with van der Waals surface area (Å²) in [4.78, 5) is 2.16. The zero-order valence-corrected chi connectivity index (χ0v) is 19.3. The number of phenolic OH excluding ortho intramolecular Hbond substituents is 1. The van der Waals surface area contributed by atoms with Gasteiger partial charge in [0.05, 0.1) is 6.67 Å². The fourth-order valence-corrected chi connectivity index (χ4v) is 4.68. The number of ether oxygens (including phenoxy) is 2. The molecule has 0 spiro atoms. The van der Waals surface area contributed by atoms with Gasteiger partial charge in [0.15, 0.2) is 11.6 Å². The molecule has 2 aliphatic rings.